The van der Waals surface area contributed by atoms with Crippen LogP contribution in [0.5, 0.6) is 11.5 Å². The number of hydrogen-bond acceptors (Lipinski definition) is 8. The maximum absolute atomic E-state index is 13.2. The Bertz CT molecular complexity index is 2910. The summed E-state index contributed by atoms with van der Waals surface area (Å²) in [5.41, 5.74) is 6.14. The van der Waals surface area contributed by atoms with E-state index >= 15 is 0 Å². The average Bonchev–Trinajstić information content (AvgIpc) is 3.79. The first-order valence-corrected chi connectivity index (χ1v) is 21.3. The lowest BCUT2D eigenvalue weighted by Crippen LogP contribution is -2.13. The molecule has 8 nitrogen and oxygen atoms in total. The van der Waals surface area contributed by atoms with Crippen molar-refractivity contribution >= 4 is 29.6 Å². The highest BCUT2D eigenvalue weighted by atomic mass is 19.4. The molecule has 0 spiro atoms. The number of rotatable bonds is 11. The molecule has 68 heavy (non-hydrogen) atoms. The van der Waals surface area contributed by atoms with Gasteiger partial charge in [0, 0.05) is 29.0 Å². The lowest BCUT2D eigenvalue weighted by molar-refractivity contribution is -0.138. The molecule has 1 unspecified atom stereocenters. The van der Waals surface area contributed by atoms with E-state index in [1.54, 1.807) is 105 Å². The van der Waals surface area contributed by atoms with E-state index in [1.807, 2.05) is 6.07 Å². The van der Waals surface area contributed by atoms with Crippen LogP contribution < -0.4 is 9.47 Å². The molecule has 0 N–H and O–H groups in total. The number of carbonyl (C=O) groups excluding carboxylic acids is 4. The molecule has 350 valence electrons. The molecule has 2 aliphatic rings. The molecule has 14 heteroatoms. The molecule has 0 saturated carbocycles. The van der Waals surface area contributed by atoms with E-state index in [0.29, 0.717) is 74.4 Å². The van der Waals surface area contributed by atoms with Gasteiger partial charge in [-0.3, -0.25) is 9.59 Å². The molecule has 1 atom stereocenters. The van der Waals surface area contributed by atoms with Crippen molar-refractivity contribution in [1.29, 1.82) is 0 Å². The van der Waals surface area contributed by atoms with Gasteiger partial charge in [0.1, 0.15) is 24.7 Å². The summed E-state index contributed by atoms with van der Waals surface area (Å²) in [6.07, 6.45) is -6.33. The number of carbonyl (C=O) groups is 4. The first kappa shape index (κ1) is 48.5. The van der Waals surface area contributed by atoms with Gasteiger partial charge >= 0.3 is 24.3 Å². The van der Waals surface area contributed by atoms with E-state index in [9.17, 15) is 45.5 Å². The van der Waals surface area contributed by atoms with E-state index in [0.717, 1.165) is 46.5 Å². The number of benzene rings is 6. The molecule has 0 fully saturated rings. The Morgan fingerprint density at radius 3 is 1.62 bits per heavy atom. The Balaban J connectivity index is 0.000000201. The summed E-state index contributed by atoms with van der Waals surface area (Å²) >= 11 is 0. The van der Waals surface area contributed by atoms with Crippen molar-refractivity contribution in [3.8, 4) is 11.5 Å². The molecule has 0 heterocycles. The van der Waals surface area contributed by atoms with Crippen molar-refractivity contribution in [2.45, 2.75) is 58.7 Å². The van der Waals surface area contributed by atoms with Crippen molar-refractivity contribution in [3.63, 3.8) is 0 Å². The number of ketones is 2. The molecule has 6 aromatic carbocycles. The normalized spacial score (nSPS) is 14.7. The summed E-state index contributed by atoms with van der Waals surface area (Å²) in [6.45, 7) is 3.76. The minimum absolute atomic E-state index is 0.0602. The van der Waals surface area contributed by atoms with Crippen LogP contribution in [0.3, 0.4) is 0 Å². The molecule has 8 rings (SSSR count). The van der Waals surface area contributed by atoms with Crippen LogP contribution in [0.2, 0.25) is 0 Å². The second kappa shape index (κ2) is 20.2. The summed E-state index contributed by atoms with van der Waals surface area (Å²) < 4.78 is 100.0. The molecule has 0 bridgehead atoms. The van der Waals surface area contributed by atoms with Crippen LogP contribution in [0.1, 0.15) is 97.1 Å². The molecule has 0 amide bonds. The van der Waals surface area contributed by atoms with Gasteiger partial charge in [-0.25, -0.2) is 9.59 Å². The minimum atomic E-state index is -4.45. The molecule has 0 radical (unpaired) electrons. The third-order valence-electron chi connectivity index (χ3n) is 11.4. The third-order valence-corrected chi connectivity index (χ3v) is 11.4. The number of esters is 2. The fourth-order valence-corrected chi connectivity index (χ4v) is 8.15. The van der Waals surface area contributed by atoms with Crippen molar-refractivity contribution in [2.24, 2.45) is 5.92 Å². The zero-order chi connectivity index (χ0) is 48.9. The van der Waals surface area contributed by atoms with E-state index in [1.165, 1.54) is 20.3 Å². The van der Waals surface area contributed by atoms with Gasteiger partial charge in [0.05, 0.1) is 36.5 Å². The van der Waals surface area contributed by atoms with Crippen LogP contribution in [0.4, 0.5) is 26.3 Å². The lowest BCUT2D eigenvalue weighted by atomic mass is 9.93. The fourth-order valence-electron chi connectivity index (χ4n) is 8.15. The van der Waals surface area contributed by atoms with Gasteiger partial charge in [-0.1, -0.05) is 42.0 Å². The number of Topliss-reactive ketones (excluding diaryl/α,β-unsaturated/α-hetero) is 2. The van der Waals surface area contributed by atoms with E-state index in [4.69, 9.17) is 9.47 Å². The number of allylic oxidation sites excluding steroid dienone is 1. The van der Waals surface area contributed by atoms with Crippen LogP contribution in [-0.2, 0) is 54.3 Å². The molecule has 0 saturated heterocycles. The SMILES string of the molecule is COC(=O)c1ccc(COc2ccc3c(c2)C/C(=C\c2cc(C)cc(C(F)(F)F)c2)C3=O)cc1.COC(=O)c1ccc(COc2ccc3c(c2)CC(Cc2cc(C)cc(C(F)(F)F)c2)C3=O)cc1. The van der Waals surface area contributed by atoms with Gasteiger partial charge in [-0.15, -0.1) is 0 Å². The van der Waals surface area contributed by atoms with Gasteiger partial charge < -0.3 is 18.9 Å². The van der Waals surface area contributed by atoms with Crippen molar-refractivity contribution in [3.05, 3.63) is 205 Å². The van der Waals surface area contributed by atoms with Crippen LogP contribution in [0, 0.1) is 19.8 Å². The highest BCUT2D eigenvalue weighted by Crippen LogP contribution is 2.36. The Hall–Kier alpha value is -7.48. The first-order chi connectivity index (χ1) is 32.3. The van der Waals surface area contributed by atoms with Gasteiger partial charge in [0.2, 0.25) is 0 Å². The van der Waals surface area contributed by atoms with Gasteiger partial charge in [-0.2, -0.15) is 26.3 Å². The fraction of sp³-hybridized carbons (Fsp3) is 0.222. The van der Waals surface area contributed by atoms with Gasteiger partial charge in [-0.05, 0) is 157 Å². The standard InChI is InChI=1S/C27H23F3O4.C27H21F3O4/c2*1-16-9-18(12-22(10-16)27(28,29)30)11-21-13-20-14-23(7-8-24(20)25(21)31)34-15-17-3-5-19(6-4-17)26(32)33-2/h3-10,12,14,21H,11,13,15H2,1-2H3;3-12,14H,13,15H2,1-2H3/b;21-11+. The van der Waals surface area contributed by atoms with E-state index in [-0.39, 0.29) is 31.2 Å². The molecule has 2 aliphatic carbocycles. The largest absolute Gasteiger partial charge is 0.489 e. The highest BCUT2D eigenvalue weighted by molar-refractivity contribution is 6.15. The third kappa shape index (κ3) is 11.7. The highest BCUT2D eigenvalue weighted by Gasteiger charge is 2.34. The Labute approximate surface area is 388 Å². The lowest BCUT2D eigenvalue weighted by Gasteiger charge is -2.13. The number of aryl methyl sites for hydroxylation is 2. The van der Waals surface area contributed by atoms with E-state index in [2.05, 4.69) is 9.47 Å². The van der Waals surface area contributed by atoms with Crippen LogP contribution in [0.15, 0.2) is 127 Å². The second-order valence-corrected chi connectivity index (χ2v) is 16.6. The predicted molar refractivity (Wildman–Crippen MR) is 241 cm³/mol. The molecule has 6 aromatic rings. The number of alkyl halides is 6. The van der Waals surface area contributed by atoms with Gasteiger partial charge in [0.25, 0.3) is 0 Å². The van der Waals surface area contributed by atoms with Crippen LogP contribution in [0.25, 0.3) is 6.08 Å². The summed E-state index contributed by atoms with van der Waals surface area (Å²) in [6, 6.07) is 31.8. The number of methoxy groups -OCH3 is 2. The smallest absolute Gasteiger partial charge is 0.416 e. The number of fused-ring (bicyclic) bond motifs is 2. The topological polar surface area (TPSA) is 105 Å². The Morgan fingerprint density at radius 2 is 1.09 bits per heavy atom. The van der Waals surface area contributed by atoms with Crippen molar-refractivity contribution in [2.75, 3.05) is 14.2 Å². The maximum Gasteiger partial charge on any atom is 0.416 e. The first-order valence-electron chi connectivity index (χ1n) is 21.3. The summed E-state index contributed by atoms with van der Waals surface area (Å²) in [4.78, 5) is 48.7. The predicted octanol–water partition coefficient (Wildman–Crippen LogP) is 12.2. The number of halogens is 6. The maximum atomic E-state index is 13.2. The Morgan fingerprint density at radius 1 is 0.588 bits per heavy atom. The number of hydrogen-bond donors (Lipinski definition) is 0. The van der Waals surface area contributed by atoms with Crippen molar-refractivity contribution < 1.29 is 64.5 Å². The quantitative estimate of drug-likeness (QED) is 0.0718. The second-order valence-electron chi connectivity index (χ2n) is 16.6. The zero-order valence-electron chi connectivity index (χ0n) is 37.3. The monoisotopic (exact) mass is 934 g/mol. The van der Waals surface area contributed by atoms with Crippen molar-refractivity contribution in [1.82, 2.24) is 0 Å². The Kier molecular flexibility index (Phi) is 14.4. The summed E-state index contributed by atoms with van der Waals surface area (Å²) in [7, 11) is 2.64. The van der Waals surface area contributed by atoms with Crippen LogP contribution >= 0.6 is 0 Å². The molecular formula is C54H44F6O8. The summed E-state index contributed by atoms with van der Waals surface area (Å²) in [5, 5.41) is 0. The molecular weight excluding hydrogens is 891 g/mol. The van der Waals surface area contributed by atoms with Crippen LogP contribution in [-0.4, -0.2) is 37.7 Å². The van der Waals surface area contributed by atoms with Gasteiger partial charge in [0.15, 0.2) is 11.6 Å². The molecule has 0 aromatic heterocycles. The van der Waals surface area contributed by atoms with E-state index < -0.39 is 41.3 Å². The average molecular weight is 935 g/mol. The number of ether oxygens (including phenoxy) is 4. The minimum Gasteiger partial charge on any atom is -0.489 e. The zero-order valence-corrected chi connectivity index (χ0v) is 37.3. The molecule has 0 aliphatic heterocycles. The summed E-state index contributed by atoms with van der Waals surface area (Å²) in [5.74, 6) is -0.326.